The summed E-state index contributed by atoms with van der Waals surface area (Å²) in [6.07, 6.45) is 0. The highest BCUT2D eigenvalue weighted by molar-refractivity contribution is 6.32. The van der Waals surface area contributed by atoms with Crippen LogP contribution in [0.15, 0.2) is 10.9 Å². The van der Waals surface area contributed by atoms with Gasteiger partial charge in [0.05, 0.1) is 5.56 Å². The van der Waals surface area contributed by atoms with Crippen molar-refractivity contribution >= 4 is 23.2 Å². The Kier molecular flexibility index (Phi) is 2.77. The van der Waals surface area contributed by atoms with Gasteiger partial charge in [0.15, 0.2) is 5.43 Å². The zero-order valence-corrected chi connectivity index (χ0v) is 7.91. The number of hydrogen-bond donors (Lipinski definition) is 2. The van der Waals surface area contributed by atoms with Gasteiger partial charge in [0.2, 0.25) is 0 Å². The standard InChI is InChI=1S/C7H8Cl2N2O/c1-3(10)6-4(12)2-5(8)11-7(6)9/h2-3H,10H2,1H3,(H,11,12). The van der Waals surface area contributed by atoms with Crippen molar-refractivity contribution in [1.82, 2.24) is 4.98 Å². The molecule has 0 aromatic carbocycles. The molecule has 12 heavy (non-hydrogen) atoms. The molecule has 0 amide bonds. The second kappa shape index (κ2) is 3.47. The molecule has 0 saturated carbocycles. The van der Waals surface area contributed by atoms with Gasteiger partial charge >= 0.3 is 0 Å². The molecule has 1 rings (SSSR count). The molecule has 1 heterocycles. The summed E-state index contributed by atoms with van der Waals surface area (Å²) < 4.78 is 0. The molecule has 1 aromatic rings. The molecular formula is C7H8Cl2N2O. The quantitative estimate of drug-likeness (QED) is 0.688. The maximum Gasteiger partial charge on any atom is 0.189 e. The van der Waals surface area contributed by atoms with Crippen molar-refractivity contribution < 1.29 is 0 Å². The van der Waals surface area contributed by atoms with Gasteiger partial charge in [0.1, 0.15) is 10.3 Å². The van der Waals surface area contributed by atoms with Crippen LogP contribution in [-0.2, 0) is 0 Å². The van der Waals surface area contributed by atoms with Crippen LogP contribution in [0.25, 0.3) is 0 Å². The molecule has 0 spiro atoms. The average Bonchev–Trinajstić information content (AvgIpc) is 1.82. The van der Waals surface area contributed by atoms with Crippen LogP contribution >= 0.6 is 23.2 Å². The Labute approximate surface area is 79.5 Å². The molecule has 66 valence electrons. The zero-order chi connectivity index (χ0) is 9.30. The summed E-state index contributed by atoms with van der Waals surface area (Å²) >= 11 is 11.3. The average molecular weight is 207 g/mol. The van der Waals surface area contributed by atoms with Crippen LogP contribution in [-0.4, -0.2) is 4.98 Å². The predicted octanol–water partition coefficient (Wildman–Crippen LogP) is 1.70. The number of rotatable bonds is 1. The zero-order valence-electron chi connectivity index (χ0n) is 6.40. The highest BCUT2D eigenvalue weighted by atomic mass is 35.5. The van der Waals surface area contributed by atoms with Gasteiger partial charge in [0.25, 0.3) is 0 Å². The molecular weight excluding hydrogens is 199 g/mol. The van der Waals surface area contributed by atoms with Gasteiger partial charge in [-0.15, -0.1) is 0 Å². The lowest BCUT2D eigenvalue weighted by atomic mass is 10.1. The minimum absolute atomic E-state index is 0.211. The first-order valence-electron chi connectivity index (χ1n) is 3.36. The summed E-state index contributed by atoms with van der Waals surface area (Å²) in [4.78, 5) is 13.8. The molecule has 5 heteroatoms. The number of hydrogen-bond acceptors (Lipinski definition) is 2. The molecule has 1 atom stereocenters. The number of aromatic amines is 1. The molecule has 0 fully saturated rings. The summed E-state index contributed by atoms with van der Waals surface area (Å²) in [5, 5.41) is 0.428. The van der Waals surface area contributed by atoms with Crippen LogP contribution in [0.2, 0.25) is 10.3 Å². The topological polar surface area (TPSA) is 58.9 Å². The van der Waals surface area contributed by atoms with E-state index in [9.17, 15) is 4.79 Å². The summed E-state index contributed by atoms with van der Waals surface area (Å²) in [6, 6.07) is 0.866. The lowest BCUT2D eigenvalue weighted by Crippen LogP contribution is -2.18. The highest BCUT2D eigenvalue weighted by Gasteiger charge is 2.10. The maximum absolute atomic E-state index is 11.2. The predicted molar refractivity (Wildman–Crippen MR) is 49.7 cm³/mol. The second-order valence-corrected chi connectivity index (χ2v) is 3.28. The van der Waals surface area contributed by atoms with Crippen LogP contribution in [0.3, 0.4) is 0 Å². The van der Waals surface area contributed by atoms with E-state index in [0.29, 0.717) is 5.56 Å². The Balaban J connectivity index is 3.39. The fraction of sp³-hybridized carbons (Fsp3) is 0.286. The molecule has 0 saturated heterocycles. The van der Waals surface area contributed by atoms with E-state index >= 15 is 0 Å². The van der Waals surface area contributed by atoms with Crippen molar-refractivity contribution in [2.45, 2.75) is 13.0 Å². The van der Waals surface area contributed by atoms with Crippen LogP contribution < -0.4 is 11.2 Å². The number of halogens is 2. The van der Waals surface area contributed by atoms with Gasteiger partial charge in [-0.2, -0.15) is 0 Å². The molecule has 3 N–H and O–H groups in total. The Morgan fingerprint density at radius 2 is 2.17 bits per heavy atom. The van der Waals surface area contributed by atoms with Crippen molar-refractivity contribution in [3.05, 3.63) is 32.2 Å². The monoisotopic (exact) mass is 206 g/mol. The van der Waals surface area contributed by atoms with Crippen LogP contribution in [0, 0.1) is 0 Å². The van der Waals surface area contributed by atoms with Gasteiger partial charge in [0, 0.05) is 12.1 Å². The Morgan fingerprint density at radius 1 is 1.58 bits per heavy atom. The van der Waals surface area contributed by atoms with Crippen LogP contribution in [0.5, 0.6) is 0 Å². The Hall–Kier alpha value is -0.510. The van der Waals surface area contributed by atoms with Crippen molar-refractivity contribution in [2.24, 2.45) is 5.73 Å². The highest BCUT2D eigenvalue weighted by Crippen LogP contribution is 2.16. The van der Waals surface area contributed by atoms with Crippen LogP contribution in [0.4, 0.5) is 0 Å². The third-order valence-electron chi connectivity index (χ3n) is 1.44. The molecule has 0 aliphatic heterocycles. The van der Waals surface area contributed by atoms with E-state index in [1.807, 2.05) is 0 Å². The Morgan fingerprint density at radius 3 is 2.58 bits per heavy atom. The first kappa shape index (κ1) is 9.58. The van der Waals surface area contributed by atoms with Crippen molar-refractivity contribution in [3.63, 3.8) is 0 Å². The number of nitrogens with one attached hydrogen (secondary N) is 1. The number of pyridine rings is 1. The molecule has 1 unspecified atom stereocenters. The number of H-pyrrole nitrogens is 1. The fourth-order valence-corrected chi connectivity index (χ4v) is 1.54. The molecule has 0 radical (unpaired) electrons. The van der Waals surface area contributed by atoms with E-state index in [4.69, 9.17) is 28.9 Å². The lowest BCUT2D eigenvalue weighted by molar-refractivity contribution is 0.803. The number of nitrogens with two attached hydrogens (primary N) is 1. The minimum atomic E-state index is -0.390. The summed E-state index contributed by atoms with van der Waals surface area (Å²) in [6.45, 7) is 1.68. The van der Waals surface area contributed by atoms with Crippen molar-refractivity contribution in [1.29, 1.82) is 0 Å². The van der Waals surface area contributed by atoms with E-state index in [0.717, 1.165) is 0 Å². The fourth-order valence-electron chi connectivity index (χ4n) is 0.934. The van der Waals surface area contributed by atoms with E-state index in [2.05, 4.69) is 4.98 Å². The molecule has 1 aromatic heterocycles. The first-order chi connectivity index (χ1) is 5.52. The van der Waals surface area contributed by atoms with Gasteiger partial charge in [-0.25, -0.2) is 0 Å². The molecule has 3 nitrogen and oxygen atoms in total. The van der Waals surface area contributed by atoms with Crippen LogP contribution in [0.1, 0.15) is 18.5 Å². The lowest BCUT2D eigenvalue weighted by Gasteiger charge is -2.06. The van der Waals surface area contributed by atoms with Gasteiger partial charge in [-0.05, 0) is 6.92 Å². The molecule has 0 aliphatic rings. The summed E-state index contributed by atoms with van der Waals surface area (Å²) in [5.41, 5.74) is 5.64. The third-order valence-corrected chi connectivity index (χ3v) is 1.95. The summed E-state index contributed by atoms with van der Waals surface area (Å²) in [7, 11) is 0. The first-order valence-corrected chi connectivity index (χ1v) is 4.11. The van der Waals surface area contributed by atoms with Gasteiger partial charge < -0.3 is 10.7 Å². The largest absolute Gasteiger partial charge is 0.336 e. The number of aromatic nitrogens is 1. The molecule has 0 bridgehead atoms. The second-order valence-electron chi connectivity index (χ2n) is 2.50. The normalized spacial score (nSPS) is 13.0. The van der Waals surface area contributed by atoms with Crippen molar-refractivity contribution in [2.75, 3.05) is 0 Å². The van der Waals surface area contributed by atoms with E-state index < -0.39 is 6.04 Å². The third kappa shape index (κ3) is 1.80. The van der Waals surface area contributed by atoms with E-state index in [1.54, 1.807) is 6.92 Å². The van der Waals surface area contributed by atoms with Crippen molar-refractivity contribution in [3.8, 4) is 0 Å². The smallest absolute Gasteiger partial charge is 0.189 e. The maximum atomic E-state index is 11.2. The van der Waals surface area contributed by atoms with E-state index in [-0.39, 0.29) is 15.7 Å². The van der Waals surface area contributed by atoms with Gasteiger partial charge in [-0.1, -0.05) is 23.2 Å². The minimum Gasteiger partial charge on any atom is -0.336 e. The Bertz CT molecular complexity index is 346. The molecule has 0 aliphatic carbocycles. The van der Waals surface area contributed by atoms with E-state index in [1.165, 1.54) is 6.07 Å². The summed E-state index contributed by atoms with van der Waals surface area (Å²) in [5.74, 6) is 0. The van der Waals surface area contributed by atoms with Gasteiger partial charge in [-0.3, -0.25) is 4.79 Å². The SMILES string of the molecule is CC(N)c1c(Cl)[nH]c(Cl)cc1=O.